The highest BCUT2D eigenvalue weighted by Crippen LogP contribution is 2.28. The lowest BCUT2D eigenvalue weighted by atomic mass is 10.3. The molecule has 0 saturated heterocycles. The Labute approximate surface area is 79.9 Å². The molecule has 68 valence electrons. The number of nitrogens with one attached hydrogen (secondary N) is 1. The molecule has 1 aromatic rings. The summed E-state index contributed by atoms with van der Waals surface area (Å²) in [5.41, 5.74) is 5.42. The SMILES string of the molecule is NC(=O)c1ccc2c(n1)NCCS2. The molecule has 3 N–H and O–H groups in total. The molecular weight excluding hydrogens is 186 g/mol. The van der Waals surface area contributed by atoms with Crippen LogP contribution in [-0.2, 0) is 0 Å². The molecule has 2 rings (SSSR count). The molecule has 4 nitrogen and oxygen atoms in total. The number of anilines is 1. The van der Waals surface area contributed by atoms with Crippen LogP contribution in [0.5, 0.6) is 0 Å². The maximum absolute atomic E-state index is 10.8. The first-order chi connectivity index (χ1) is 6.27. The fourth-order valence-corrected chi connectivity index (χ4v) is 2.00. The fourth-order valence-electron chi connectivity index (χ4n) is 1.16. The van der Waals surface area contributed by atoms with Crippen molar-refractivity contribution in [2.24, 2.45) is 5.73 Å². The molecule has 0 atom stereocenters. The van der Waals surface area contributed by atoms with Crippen molar-refractivity contribution in [2.75, 3.05) is 17.6 Å². The van der Waals surface area contributed by atoms with Crippen LogP contribution in [0.15, 0.2) is 17.0 Å². The van der Waals surface area contributed by atoms with Gasteiger partial charge in [-0.15, -0.1) is 11.8 Å². The minimum Gasteiger partial charge on any atom is -0.368 e. The van der Waals surface area contributed by atoms with Gasteiger partial charge in [0.1, 0.15) is 11.5 Å². The second-order valence-electron chi connectivity index (χ2n) is 2.68. The van der Waals surface area contributed by atoms with E-state index in [9.17, 15) is 4.79 Å². The van der Waals surface area contributed by atoms with E-state index in [0.717, 1.165) is 23.0 Å². The van der Waals surface area contributed by atoms with Gasteiger partial charge in [-0.1, -0.05) is 0 Å². The molecule has 13 heavy (non-hydrogen) atoms. The number of pyridine rings is 1. The number of rotatable bonds is 1. The quantitative estimate of drug-likeness (QED) is 0.692. The Morgan fingerprint density at radius 1 is 1.62 bits per heavy atom. The van der Waals surface area contributed by atoms with E-state index in [2.05, 4.69) is 10.3 Å². The zero-order valence-corrected chi connectivity index (χ0v) is 7.73. The Morgan fingerprint density at radius 3 is 3.23 bits per heavy atom. The standard InChI is InChI=1S/C8H9N3OS/c9-7(12)5-1-2-6-8(11-5)10-3-4-13-6/h1-2H,3-4H2,(H2,9,12)(H,10,11). The van der Waals surface area contributed by atoms with Gasteiger partial charge >= 0.3 is 0 Å². The highest BCUT2D eigenvalue weighted by molar-refractivity contribution is 7.99. The van der Waals surface area contributed by atoms with E-state index in [1.54, 1.807) is 17.8 Å². The maximum Gasteiger partial charge on any atom is 0.267 e. The van der Waals surface area contributed by atoms with Crippen molar-refractivity contribution in [3.63, 3.8) is 0 Å². The first-order valence-corrected chi connectivity index (χ1v) is 4.93. The maximum atomic E-state index is 10.8. The third kappa shape index (κ3) is 1.60. The normalized spacial score (nSPS) is 14.5. The van der Waals surface area contributed by atoms with Crippen LogP contribution < -0.4 is 11.1 Å². The summed E-state index contributed by atoms with van der Waals surface area (Å²) in [7, 11) is 0. The molecule has 0 aliphatic carbocycles. The molecule has 0 radical (unpaired) electrons. The Kier molecular flexibility index (Phi) is 2.10. The highest BCUT2D eigenvalue weighted by Gasteiger charge is 2.12. The Hall–Kier alpha value is -1.23. The van der Waals surface area contributed by atoms with Gasteiger partial charge in [0.25, 0.3) is 5.91 Å². The van der Waals surface area contributed by atoms with Gasteiger partial charge in [-0.05, 0) is 12.1 Å². The number of aromatic nitrogens is 1. The summed E-state index contributed by atoms with van der Waals surface area (Å²) < 4.78 is 0. The van der Waals surface area contributed by atoms with Gasteiger partial charge in [-0.3, -0.25) is 4.79 Å². The molecule has 0 saturated carbocycles. The summed E-state index contributed by atoms with van der Waals surface area (Å²) in [5.74, 6) is 1.32. The van der Waals surface area contributed by atoms with Crippen molar-refractivity contribution in [3.8, 4) is 0 Å². The summed E-state index contributed by atoms with van der Waals surface area (Å²) in [6.07, 6.45) is 0. The van der Waals surface area contributed by atoms with Crippen molar-refractivity contribution in [3.05, 3.63) is 17.8 Å². The van der Waals surface area contributed by atoms with Crippen molar-refractivity contribution >= 4 is 23.5 Å². The lowest BCUT2D eigenvalue weighted by Crippen LogP contribution is -2.17. The van der Waals surface area contributed by atoms with Crippen LogP contribution in [0.1, 0.15) is 10.5 Å². The average Bonchev–Trinajstić information content (AvgIpc) is 2.17. The smallest absolute Gasteiger partial charge is 0.267 e. The van der Waals surface area contributed by atoms with Crippen LogP contribution in [0.3, 0.4) is 0 Å². The van der Waals surface area contributed by atoms with Crippen molar-refractivity contribution in [1.82, 2.24) is 4.98 Å². The van der Waals surface area contributed by atoms with Crippen LogP contribution in [0.2, 0.25) is 0 Å². The fraction of sp³-hybridized carbons (Fsp3) is 0.250. The van der Waals surface area contributed by atoms with Crippen molar-refractivity contribution < 1.29 is 4.79 Å². The summed E-state index contributed by atoms with van der Waals surface area (Å²) in [6.45, 7) is 0.882. The molecule has 2 heterocycles. The molecule has 1 aliphatic rings. The van der Waals surface area contributed by atoms with E-state index >= 15 is 0 Å². The monoisotopic (exact) mass is 195 g/mol. The Morgan fingerprint density at radius 2 is 2.46 bits per heavy atom. The molecular formula is C8H9N3OS. The number of thioether (sulfide) groups is 1. The third-order valence-electron chi connectivity index (χ3n) is 1.76. The molecule has 0 fully saturated rings. The van der Waals surface area contributed by atoms with E-state index in [4.69, 9.17) is 5.73 Å². The van der Waals surface area contributed by atoms with Crippen LogP contribution in [-0.4, -0.2) is 23.2 Å². The zero-order chi connectivity index (χ0) is 9.26. The van der Waals surface area contributed by atoms with Crippen LogP contribution in [0.4, 0.5) is 5.82 Å². The first-order valence-electron chi connectivity index (χ1n) is 3.95. The molecule has 1 aliphatic heterocycles. The summed E-state index contributed by atoms with van der Waals surface area (Å²) in [5, 5.41) is 3.12. The average molecular weight is 195 g/mol. The number of primary amides is 1. The van der Waals surface area contributed by atoms with Gasteiger partial charge in [-0.2, -0.15) is 0 Å². The number of hydrogen-bond acceptors (Lipinski definition) is 4. The van der Waals surface area contributed by atoms with Gasteiger partial charge in [0.2, 0.25) is 0 Å². The molecule has 0 aromatic carbocycles. The number of nitrogens with two attached hydrogens (primary N) is 1. The van der Waals surface area contributed by atoms with Gasteiger partial charge in [-0.25, -0.2) is 4.98 Å². The van der Waals surface area contributed by atoms with E-state index in [1.165, 1.54) is 0 Å². The Balaban J connectivity index is 2.40. The van der Waals surface area contributed by atoms with Crippen LogP contribution in [0, 0.1) is 0 Å². The molecule has 1 aromatic heterocycles. The number of fused-ring (bicyclic) bond motifs is 1. The van der Waals surface area contributed by atoms with Gasteiger partial charge < -0.3 is 11.1 Å². The number of carbonyl (C=O) groups excluding carboxylic acids is 1. The molecule has 5 heteroatoms. The van der Waals surface area contributed by atoms with Crippen LogP contribution in [0.25, 0.3) is 0 Å². The summed E-state index contributed by atoms with van der Waals surface area (Å²) in [6, 6.07) is 3.53. The van der Waals surface area contributed by atoms with E-state index in [0.29, 0.717) is 5.69 Å². The van der Waals surface area contributed by atoms with E-state index in [-0.39, 0.29) is 0 Å². The highest BCUT2D eigenvalue weighted by atomic mass is 32.2. The minimum atomic E-state index is -0.486. The van der Waals surface area contributed by atoms with Crippen LogP contribution >= 0.6 is 11.8 Å². The predicted molar refractivity (Wildman–Crippen MR) is 52.0 cm³/mol. The topological polar surface area (TPSA) is 68.0 Å². The second kappa shape index (κ2) is 3.26. The number of carbonyl (C=O) groups is 1. The number of hydrogen-bond donors (Lipinski definition) is 2. The molecule has 0 bridgehead atoms. The zero-order valence-electron chi connectivity index (χ0n) is 6.91. The lowest BCUT2D eigenvalue weighted by Gasteiger charge is -2.16. The third-order valence-corrected chi connectivity index (χ3v) is 2.81. The number of amides is 1. The second-order valence-corrected chi connectivity index (χ2v) is 3.82. The minimum absolute atomic E-state index is 0.314. The predicted octanol–water partition coefficient (Wildman–Crippen LogP) is 0.698. The lowest BCUT2D eigenvalue weighted by molar-refractivity contribution is 0.0995. The van der Waals surface area contributed by atoms with E-state index < -0.39 is 5.91 Å². The Bertz CT molecular complexity index is 353. The van der Waals surface area contributed by atoms with Crippen molar-refractivity contribution in [1.29, 1.82) is 0 Å². The van der Waals surface area contributed by atoms with Gasteiger partial charge in [0, 0.05) is 17.2 Å². The first kappa shape index (κ1) is 8.37. The summed E-state index contributed by atoms with van der Waals surface area (Å²) >= 11 is 1.73. The molecule has 0 unspecified atom stereocenters. The molecule has 0 spiro atoms. The van der Waals surface area contributed by atoms with Gasteiger partial charge in [0.15, 0.2) is 0 Å². The van der Waals surface area contributed by atoms with E-state index in [1.807, 2.05) is 6.07 Å². The van der Waals surface area contributed by atoms with Gasteiger partial charge in [0.05, 0.1) is 0 Å². The number of nitrogens with zero attached hydrogens (tertiary/aromatic N) is 1. The largest absolute Gasteiger partial charge is 0.368 e. The molecule has 1 amide bonds. The van der Waals surface area contributed by atoms with Crippen molar-refractivity contribution in [2.45, 2.75) is 4.90 Å². The summed E-state index contributed by atoms with van der Waals surface area (Å²) in [4.78, 5) is 16.0.